The third-order valence-corrected chi connectivity index (χ3v) is 22.3. The quantitative estimate of drug-likeness (QED) is 0.0129. The van der Waals surface area contributed by atoms with Crippen molar-refractivity contribution in [3.63, 3.8) is 0 Å². The highest BCUT2D eigenvalue weighted by Crippen LogP contribution is 2.45. The lowest BCUT2D eigenvalue weighted by molar-refractivity contribution is -0.138. The fourth-order valence-electron chi connectivity index (χ4n) is 14.9. The van der Waals surface area contributed by atoms with Crippen LogP contribution in [0.3, 0.4) is 0 Å². The van der Waals surface area contributed by atoms with Crippen molar-refractivity contribution in [2.24, 2.45) is 5.73 Å². The average molecular weight is 1760 g/mol. The number of carbonyl (C=O) groups excluding carboxylic acids is 12. The number of unbranched alkanes of at least 4 members (excludes halogenated alkanes) is 2. The number of carbonyl (C=O) groups is 13. The summed E-state index contributed by atoms with van der Waals surface area (Å²) < 4.78 is 131. The molecule has 39 heteroatoms. The zero-order chi connectivity index (χ0) is 92.4. The minimum Gasteiger partial charge on any atom is -0.480 e. The first-order chi connectivity index (χ1) is 60.3. The van der Waals surface area contributed by atoms with Crippen LogP contribution in [0.2, 0.25) is 0 Å². The molecule has 2 saturated carbocycles. The zero-order valence-corrected chi connectivity index (χ0v) is 69.0. The van der Waals surface area contributed by atoms with E-state index in [-0.39, 0.29) is 146 Å². The summed E-state index contributed by atoms with van der Waals surface area (Å²) in [4.78, 5) is 176. The summed E-state index contributed by atoms with van der Waals surface area (Å²) >= 11 is 0. The number of likely N-dealkylation sites (N-methyl/N-ethyl adjacent to an activating group) is 2. The second-order valence-electron chi connectivity index (χ2n) is 30.6. The number of fused-ring (bicyclic) bond motifs is 4. The first-order valence-electron chi connectivity index (χ1n) is 40.9. The molecule has 2 aliphatic carbocycles. The SMILES string of the molecule is CNc1c(C(=O)NC2CC2)cnc2cc(C(F)(F)F)c(-c3ccc(C(=O)NCCCCN)c(F)c3)cc12.CNc1c(C(=O)NC2CC2)cnc2cc(C(F)(F)F)c(-c3ccc(C(=O)NCCCCNC(=O)[C@@H](C)N(C)c4cccc5c4C(=O)N(C4CCC(=O)NC4=O)C5=O)c(F)c3)cc12.C[C@@H](C(=O)O)N(C)c1cccc2c1CN(C1CCC(=O)NC1=O)C2=O.[2H]CF. The van der Waals surface area contributed by atoms with Crippen molar-refractivity contribution in [1.82, 2.24) is 57.0 Å². The number of nitrogens with one attached hydrogen (secondary N) is 9. The standard InChI is InChI=1S/C43H42F4N8O7.C26H27F4N5O2.C17H19N3O5.CH3F/c1-21(54(3)32-8-6-7-25-35(32)42(62)55(41(25)61)33-13-14-34(56)53-40(33)60)37(57)49-15-4-5-16-50-38(58)24-12-9-22(17-30(24)44)26-18-27-31(19-29(26)43(45,46)47)51-20-28(36(27)48-2)39(59)52-23-10-11-23;1-32-23-18-11-17(14-4-7-16(21(27)10-14)24(36)33-9-3-2-8-31)20(26(28,29)30)12-22(18)34-13-19(23)25(37)35-15-5-6-15;1-9(17(24)25)19(2)12-5-3-4-10-11(12)8-20(16(10)23)13-6-7-14(21)18-15(13)22;1-2/h6-9,12,17-21,23,33H,4-5,10-11,13-16H2,1-3H3,(H,48,51)(H,49,57)(H,50,58)(H,52,59)(H,53,56,60);4,7,10-13,15H,2-3,5-6,8-9,31H2,1H3,(H,32,34)(H,33,36)(H,35,37);3-5,9,13H,6-8H2,1-2H3,(H,24,25)(H,18,21,22);1H3/t21-,33?;;9-,13?;/m1.0./s1/i;;;1D. The predicted molar refractivity (Wildman–Crippen MR) is 446 cm³/mol. The Labute approximate surface area is 716 Å². The van der Waals surface area contributed by atoms with Crippen LogP contribution < -0.4 is 63.4 Å². The van der Waals surface area contributed by atoms with Crippen LogP contribution in [0.25, 0.3) is 44.1 Å². The Balaban J connectivity index is 0.000000202. The molecule has 8 aromatic rings. The number of carboxylic acid groups (broad SMARTS) is 1. The van der Waals surface area contributed by atoms with Gasteiger partial charge < -0.3 is 62.8 Å². The van der Waals surface area contributed by atoms with Crippen molar-refractivity contribution in [2.45, 2.75) is 146 Å². The molecule has 0 bridgehead atoms. The highest BCUT2D eigenvalue weighted by molar-refractivity contribution is 6.26. The summed E-state index contributed by atoms with van der Waals surface area (Å²) in [6.07, 6.45) is -1.23. The van der Waals surface area contributed by atoms with E-state index in [0.29, 0.717) is 73.4 Å². The fourth-order valence-corrected chi connectivity index (χ4v) is 14.9. The summed E-state index contributed by atoms with van der Waals surface area (Å²) in [5, 5.41) is 33.6. The first kappa shape index (κ1) is 91.6. The van der Waals surface area contributed by atoms with Gasteiger partial charge in [-0.2, -0.15) is 26.3 Å². The summed E-state index contributed by atoms with van der Waals surface area (Å²) in [5.41, 5.74) is 4.90. The van der Waals surface area contributed by atoms with E-state index in [1.165, 1.54) is 59.6 Å². The van der Waals surface area contributed by atoms with Crippen molar-refractivity contribution in [3.8, 4) is 22.3 Å². The largest absolute Gasteiger partial charge is 0.480 e. The third-order valence-electron chi connectivity index (χ3n) is 22.3. The monoisotopic (exact) mass is 1760 g/mol. The molecule has 4 atom stereocenters. The number of hydrogen-bond acceptors (Lipinski definition) is 20. The lowest BCUT2D eigenvalue weighted by Crippen LogP contribution is -2.54. The van der Waals surface area contributed by atoms with E-state index in [9.17, 15) is 103 Å². The van der Waals surface area contributed by atoms with Crippen LogP contribution in [0.1, 0.15) is 181 Å². The van der Waals surface area contributed by atoms with E-state index in [2.05, 4.69) is 57.8 Å². The number of halogens is 9. The lowest BCUT2D eigenvalue weighted by Gasteiger charge is -2.30. The van der Waals surface area contributed by atoms with Gasteiger partial charge in [-0.1, -0.05) is 24.3 Å². The van der Waals surface area contributed by atoms with Crippen molar-refractivity contribution >= 4 is 121 Å². The molecular formula is C87H91F9N16O14. The number of alkyl halides is 7. The number of benzene rings is 6. The molecule has 0 radical (unpaired) electrons. The van der Waals surface area contributed by atoms with E-state index in [1.54, 1.807) is 70.2 Å². The zero-order valence-electron chi connectivity index (χ0n) is 70.0. The van der Waals surface area contributed by atoms with Crippen molar-refractivity contribution in [3.05, 3.63) is 177 Å². The summed E-state index contributed by atoms with van der Waals surface area (Å²) in [5.74, 6) is -9.33. The van der Waals surface area contributed by atoms with E-state index in [4.69, 9.17) is 7.10 Å². The number of nitrogens with zero attached hydrogens (tertiary/aromatic N) is 6. The molecule has 30 nitrogen and oxygen atoms in total. The van der Waals surface area contributed by atoms with Gasteiger partial charge in [-0.3, -0.25) is 87.4 Å². The van der Waals surface area contributed by atoms with Crippen molar-refractivity contribution in [2.75, 3.05) is 82.0 Å². The Morgan fingerprint density at radius 1 is 0.556 bits per heavy atom. The number of piperidine rings is 2. The van der Waals surface area contributed by atoms with Crippen LogP contribution in [0.4, 0.5) is 62.3 Å². The molecule has 6 heterocycles. The van der Waals surface area contributed by atoms with Crippen LogP contribution in [0.15, 0.2) is 109 Å². The molecule has 12 amide bonds. The minimum absolute atomic E-state index is 0.00229. The van der Waals surface area contributed by atoms with Gasteiger partial charge >= 0.3 is 18.3 Å². The number of nitrogens with two attached hydrogens (primary N) is 1. The van der Waals surface area contributed by atoms with E-state index in [0.717, 1.165) is 67.0 Å². The number of rotatable bonds is 27. The van der Waals surface area contributed by atoms with Gasteiger partial charge in [0.2, 0.25) is 29.5 Å². The maximum Gasteiger partial charge on any atom is 0.417 e. The first-order valence-corrected chi connectivity index (χ1v) is 40.2. The molecular weight excluding hydrogens is 1660 g/mol. The molecule has 14 rings (SSSR count). The molecule has 6 aliphatic rings. The topological polar surface area (TPSA) is 415 Å². The number of aromatic nitrogens is 2. The Hall–Kier alpha value is -13.6. The van der Waals surface area contributed by atoms with Gasteiger partial charge in [0, 0.05) is 119 Å². The van der Waals surface area contributed by atoms with Gasteiger partial charge in [0.05, 0.1) is 81.1 Å². The van der Waals surface area contributed by atoms with Gasteiger partial charge in [-0.25, -0.2) is 13.6 Å². The van der Waals surface area contributed by atoms with Gasteiger partial charge in [-0.15, -0.1) is 0 Å². The molecule has 4 aliphatic heterocycles. The van der Waals surface area contributed by atoms with E-state index < -0.39 is 131 Å². The maximum atomic E-state index is 15.5. The number of amides is 12. The van der Waals surface area contributed by atoms with Crippen molar-refractivity contribution in [1.29, 1.82) is 0 Å². The van der Waals surface area contributed by atoms with Crippen LogP contribution in [-0.2, 0) is 47.7 Å². The minimum atomic E-state index is -4.85. The average Bonchev–Trinajstić information content (AvgIpc) is 1.71. The predicted octanol–water partition coefficient (Wildman–Crippen LogP) is 9.95. The number of aliphatic carboxylic acids is 1. The van der Waals surface area contributed by atoms with Crippen LogP contribution in [0, 0.1) is 11.6 Å². The molecule has 12 N–H and O–H groups in total. The Morgan fingerprint density at radius 2 is 1.00 bits per heavy atom. The number of anilines is 4. The summed E-state index contributed by atoms with van der Waals surface area (Å²) in [6.45, 7) is 4.42. The van der Waals surface area contributed by atoms with E-state index >= 15 is 4.39 Å². The number of carboxylic acids is 1. The molecule has 2 unspecified atom stereocenters. The smallest absolute Gasteiger partial charge is 0.417 e. The lowest BCUT2D eigenvalue weighted by atomic mass is 9.94. The molecule has 4 fully saturated rings. The van der Waals surface area contributed by atoms with Gasteiger partial charge in [0.25, 0.3) is 41.4 Å². The van der Waals surface area contributed by atoms with Crippen molar-refractivity contribution < 1.29 is 108 Å². The third kappa shape index (κ3) is 20.6. The number of imide groups is 3. The maximum absolute atomic E-state index is 15.5. The van der Waals surface area contributed by atoms with Crippen LogP contribution in [-0.4, -0.2) is 200 Å². The van der Waals surface area contributed by atoms with Crippen LogP contribution >= 0.6 is 0 Å². The Morgan fingerprint density at radius 3 is 1.44 bits per heavy atom. The summed E-state index contributed by atoms with van der Waals surface area (Å²) in [7, 11) is 5.32. The normalized spacial score (nSPS) is 16.5. The van der Waals surface area contributed by atoms with Gasteiger partial charge in [-0.05, 0) is 180 Å². The van der Waals surface area contributed by atoms with E-state index in [1.807, 2.05) is 0 Å². The highest BCUT2D eigenvalue weighted by Gasteiger charge is 2.48. The second kappa shape index (κ2) is 39.5. The van der Waals surface area contributed by atoms with Crippen LogP contribution in [0.5, 0.6) is 0 Å². The molecule has 0 spiro atoms. The molecule has 2 saturated heterocycles. The molecule has 6 aromatic carbocycles. The van der Waals surface area contributed by atoms with Gasteiger partial charge in [0.1, 0.15) is 35.8 Å². The number of pyridine rings is 2. The second-order valence-corrected chi connectivity index (χ2v) is 30.6. The summed E-state index contributed by atoms with van der Waals surface area (Å²) in [6, 6.07) is 17.1. The Bertz CT molecular complexity index is 5700. The molecule has 2 aromatic heterocycles. The Kier molecular flexibility index (Phi) is 28.7. The van der Waals surface area contributed by atoms with Gasteiger partial charge in [0.15, 0.2) is 0 Å². The fraction of sp³-hybridized carbons (Fsp3) is 0.368. The molecule has 126 heavy (non-hydrogen) atoms. The highest BCUT2D eigenvalue weighted by atomic mass is 19.4. The molecule has 666 valence electrons. The number of hydrogen-bond donors (Lipinski definition) is 11.